The van der Waals surface area contributed by atoms with Crippen molar-refractivity contribution >= 4 is 34.1 Å². The van der Waals surface area contributed by atoms with Crippen LogP contribution in [0.25, 0.3) is 10.9 Å². The molecule has 2 nitrogen and oxygen atoms in total. The Morgan fingerprint density at radius 1 is 0.900 bits per heavy atom. The smallest absolute Gasteiger partial charge is 0.0491 e. The van der Waals surface area contributed by atoms with Crippen LogP contribution in [-0.2, 0) is 13.1 Å². The third-order valence-corrected chi connectivity index (χ3v) is 6.13. The van der Waals surface area contributed by atoms with Crippen molar-refractivity contribution in [2.45, 2.75) is 38.9 Å². The number of nitrogens with one attached hydrogen (secondary N) is 1. The lowest BCUT2D eigenvalue weighted by atomic mass is 10.0. The predicted molar refractivity (Wildman–Crippen MR) is 128 cm³/mol. The molecule has 154 valence electrons. The van der Waals surface area contributed by atoms with Gasteiger partial charge in [0.1, 0.15) is 0 Å². The summed E-state index contributed by atoms with van der Waals surface area (Å²) in [5, 5.41) is 6.42. The van der Waals surface area contributed by atoms with Crippen LogP contribution in [0, 0.1) is 0 Å². The number of rotatable bonds is 8. The summed E-state index contributed by atoms with van der Waals surface area (Å²) in [5.74, 6) is 0. The van der Waals surface area contributed by atoms with Gasteiger partial charge in [-0.2, -0.15) is 0 Å². The standard InChI is InChI=1S/C26H26Cl2N2/c1-2-8-25(19-9-4-3-5-10-19)29-16-21-18-30(26-12-7-6-11-23(21)26)17-20-13-14-22(27)15-24(20)28/h3-7,9-15,18,25,29H,2,8,16-17H2,1H3/t25-/m0/s1. The Bertz CT molecular complexity index is 1120. The number of hydrogen-bond donors (Lipinski definition) is 1. The quantitative estimate of drug-likeness (QED) is 0.300. The number of nitrogens with zero attached hydrogens (tertiary/aromatic N) is 1. The summed E-state index contributed by atoms with van der Waals surface area (Å²) in [6, 6.07) is 25.3. The monoisotopic (exact) mass is 436 g/mol. The lowest BCUT2D eigenvalue weighted by molar-refractivity contribution is 0.494. The van der Waals surface area contributed by atoms with Crippen molar-refractivity contribution in [2.24, 2.45) is 0 Å². The Hall–Kier alpha value is -2.26. The summed E-state index contributed by atoms with van der Waals surface area (Å²) in [6.07, 6.45) is 4.50. The Morgan fingerprint density at radius 2 is 1.67 bits per heavy atom. The van der Waals surface area contributed by atoms with Gasteiger partial charge >= 0.3 is 0 Å². The van der Waals surface area contributed by atoms with Gasteiger partial charge < -0.3 is 9.88 Å². The molecule has 4 aromatic rings. The maximum Gasteiger partial charge on any atom is 0.0491 e. The molecular formula is C26H26Cl2N2. The summed E-state index contributed by atoms with van der Waals surface area (Å²) in [7, 11) is 0. The van der Waals surface area contributed by atoms with Crippen molar-refractivity contribution in [3.8, 4) is 0 Å². The molecule has 1 atom stereocenters. The molecule has 0 aliphatic heterocycles. The highest BCUT2D eigenvalue weighted by Gasteiger charge is 2.13. The minimum absolute atomic E-state index is 0.351. The number of fused-ring (bicyclic) bond motifs is 1. The molecule has 1 heterocycles. The van der Waals surface area contributed by atoms with E-state index in [4.69, 9.17) is 23.2 Å². The number of benzene rings is 3. The van der Waals surface area contributed by atoms with E-state index in [-0.39, 0.29) is 0 Å². The zero-order valence-electron chi connectivity index (χ0n) is 17.1. The van der Waals surface area contributed by atoms with Gasteiger partial charge in [-0.1, -0.05) is 91.1 Å². The lowest BCUT2D eigenvalue weighted by Crippen LogP contribution is -2.20. The van der Waals surface area contributed by atoms with Gasteiger partial charge in [0.15, 0.2) is 0 Å². The largest absolute Gasteiger partial charge is 0.343 e. The van der Waals surface area contributed by atoms with Crippen molar-refractivity contribution in [1.29, 1.82) is 0 Å². The first-order valence-electron chi connectivity index (χ1n) is 10.4. The second kappa shape index (κ2) is 9.70. The van der Waals surface area contributed by atoms with E-state index >= 15 is 0 Å². The normalized spacial score (nSPS) is 12.4. The highest BCUT2D eigenvalue weighted by Crippen LogP contribution is 2.27. The highest BCUT2D eigenvalue weighted by molar-refractivity contribution is 6.35. The van der Waals surface area contributed by atoms with Gasteiger partial charge in [-0.3, -0.25) is 0 Å². The van der Waals surface area contributed by atoms with Crippen molar-refractivity contribution < 1.29 is 0 Å². The van der Waals surface area contributed by atoms with E-state index in [2.05, 4.69) is 77.6 Å². The molecule has 0 saturated carbocycles. The molecule has 1 N–H and O–H groups in total. The van der Waals surface area contributed by atoms with E-state index in [1.807, 2.05) is 18.2 Å². The topological polar surface area (TPSA) is 17.0 Å². The Morgan fingerprint density at radius 3 is 2.43 bits per heavy atom. The summed E-state index contributed by atoms with van der Waals surface area (Å²) in [5.41, 5.74) is 4.92. The van der Waals surface area contributed by atoms with Crippen LogP contribution in [0.2, 0.25) is 10.0 Å². The van der Waals surface area contributed by atoms with Crippen LogP contribution >= 0.6 is 23.2 Å². The molecule has 0 spiro atoms. The molecule has 4 rings (SSSR count). The molecule has 0 aliphatic rings. The van der Waals surface area contributed by atoms with E-state index in [9.17, 15) is 0 Å². The maximum absolute atomic E-state index is 6.43. The SMILES string of the molecule is CCC[C@H](NCc1cn(Cc2ccc(Cl)cc2Cl)c2ccccc12)c1ccccc1. The van der Waals surface area contributed by atoms with Gasteiger partial charge in [0.05, 0.1) is 0 Å². The molecule has 0 aliphatic carbocycles. The molecule has 0 bridgehead atoms. The van der Waals surface area contributed by atoms with Crippen LogP contribution in [0.4, 0.5) is 0 Å². The first-order chi connectivity index (χ1) is 14.7. The summed E-state index contributed by atoms with van der Waals surface area (Å²) in [6.45, 7) is 3.77. The molecule has 0 radical (unpaired) electrons. The second-order valence-electron chi connectivity index (χ2n) is 7.67. The number of aromatic nitrogens is 1. The van der Waals surface area contributed by atoms with E-state index in [1.54, 1.807) is 0 Å². The fourth-order valence-corrected chi connectivity index (χ4v) is 4.49. The van der Waals surface area contributed by atoms with Crippen molar-refractivity contribution in [3.05, 3.63) is 106 Å². The van der Waals surface area contributed by atoms with Gasteiger partial charge in [-0.05, 0) is 41.3 Å². The first kappa shape index (κ1) is 21.0. The van der Waals surface area contributed by atoms with Crippen LogP contribution in [0.5, 0.6) is 0 Å². The Kier molecular flexibility index (Phi) is 6.79. The van der Waals surface area contributed by atoms with Crippen molar-refractivity contribution in [1.82, 2.24) is 9.88 Å². The maximum atomic E-state index is 6.43. The van der Waals surface area contributed by atoms with E-state index < -0.39 is 0 Å². The molecule has 0 unspecified atom stereocenters. The second-order valence-corrected chi connectivity index (χ2v) is 8.51. The third kappa shape index (κ3) is 4.73. The van der Waals surface area contributed by atoms with Crippen LogP contribution < -0.4 is 5.32 Å². The zero-order chi connectivity index (χ0) is 20.9. The van der Waals surface area contributed by atoms with Crippen molar-refractivity contribution in [2.75, 3.05) is 0 Å². The highest BCUT2D eigenvalue weighted by atomic mass is 35.5. The number of halogens is 2. The zero-order valence-corrected chi connectivity index (χ0v) is 18.6. The van der Waals surface area contributed by atoms with Crippen LogP contribution in [-0.4, -0.2) is 4.57 Å². The molecule has 4 heteroatoms. The van der Waals surface area contributed by atoms with Crippen LogP contribution in [0.15, 0.2) is 79.0 Å². The number of hydrogen-bond acceptors (Lipinski definition) is 1. The van der Waals surface area contributed by atoms with Gasteiger partial charge in [-0.15, -0.1) is 0 Å². The Labute approximate surface area is 188 Å². The average Bonchev–Trinajstić information content (AvgIpc) is 3.11. The van der Waals surface area contributed by atoms with Crippen molar-refractivity contribution in [3.63, 3.8) is 0 Å². The molecule has 0 amide bonds. The van der Waals surface area contributed by atoms with E-state index in [0.717, 1.165) is 24.9 Å². The minimum Gasteiger partial charge on any atom is -0.343 e. The average molecular weight is 437 g/mol. The molecule has 0 saturated heterocycles. The minimum atomic E-state index is 0.351. The fraction of sp³-hybridized carbons (Fsp3) is 0.231. The number of para-hydroxylation sites is 1. The summed E-state index contributed by atoms with van der Waals surface area (Å²) in [4.78, 5) is 0. The van der Waals surface area contributed by atoms with E-state index in [0.29, 0.717) is 22.6 Å². The molecular weight excluding hydrogens is 411 g/mol. The third-order valence-electron chi connectivity index (χ3n) is 5.55. The first-order valence-corrected chi connectivity index (χ1v) is 11.2. The summed E-state index contributed by atoms with van der Waals surface area (Å²) >= 11 is 12.5. The van der Waals surface area contributed by atoms with Crippen LogP contribution in [0.1, 0.15) is 42.5 Å². The van der Waals surface area contributed by atoms with Gasteiger partial charge in [0, 0.05) is 46.3 Å². The predicted octanol–water partition coefficient (Wildman–Crippen LogP) is 7.63. The molecule has 0 fully saturated rings. The van der Waals surface area contributed by atoms with Crippen LogP contribution in [0.3, 0.4) is 0 Å². The van der Waals surface area contributed by atoms with Gasteiger partial charge in [0.2, 0.25) is 0 Å². The lowest BCUT2D eigenvalue weighted by Gasteiger charge is -2.18. The van der Waals surface area contributed by atoms with Gasteiger partial charge in [-0.25, -0.2) is 0 Å². The van der Waals surface area contributed by atoms with Gasteiger partial charge in [0.25, 0.3) is 0 Å². The molecule has 3 aromatic carbocycles. The molecule has 30 heavy (non-hydrogen) atoms. The summed E-state index contributed by atoms with van der Waals surface area (Å²) < 4.78 is 2.28. The fourth-order valence-electron chi connectivity index (χ4n) is 4.02. The Balaban J connectivity index is 1.60. The van der Waals surface area contributed by atoms with E-state index in [1.165, 1.54) is 22.0 Å². The molecule has 1 aromatic heterocycles.